The van der Waals surface area contributed by atoms with E-state index in [4.69, 9.17) is 9.47 Å². The van der Waals surface area contributed by atoms with Crippen molar-refractivity contribution in [3.63, 3.8) is 0 Å². The number of benzene rings is 1. The van der Waals surface area contributed by atoms with Crippen molar-refractivity contribution in [1.29, 1.82) is 0 Å². The van der Waals surface area contributed by atoms with Gasteiger partial charge in [0, 0.05) is 13.2 Å². The Morgan fingerprint density at radius 3 is 2.75 bits per heavy atom. The fourth-order valence-corrected chi connectivity index (χ4v) is 2.32. The quantitative estimate of drug-likeness (QED) is 0.898. The third kappa shape index (κ3) is 3.97. The smallest absolute Gasteiger partial charge is 0.258 e. The van der Waals surface area contributed by atoms with Gasteiger partial charge in [-0.2, -0.15) is 0 Å². The van der Waals surface area contributed by atoms with E-state index in [9.17, 15) is 4.79 Å². The fourth-order valence-electron chi connectivity index (χ4n) is 2.32. The topological polar surface area (TPSA) is 47.6 Å². The maximum absolute atomic E-state index is 11.7. The van der Waals surface area contributed by atoms with Crippen LogP contribution in [-0.4, -0.2) is 31.8 Å². The summed E-state index contributed by atoms with van der Waals surface area (Å²) >= 11 is 0. The summed E-state index contributed by atoms with van der Waals surface area (Å²) in [6, 6.07) is 4.06. The van der Waals surface area contributed by atoms with Crippen molar-refractivity contribution < 1.29 is 14.3 Å². The molecule has 1 aromatic rings. The van der Waals surface area contributed by atoms with Gasteiger partial charge in [-0.15, -0.1) is 0 Å². The van der Waals surface area contributed by atoms with Crippen molar-refractivity contribution in [2.75, 3.05) is 19.8 Å². The SMILES string of the molecule is Cc1cc(C)c(OCC(=O)NC[C@@H]2CCCO2)cc1C. The zero-order valence-electron chi connectivity index (χ0n) is 12.5. The minimum absolute atomic E-state index is 0.0516. The first-order valence-electron chi connectivity index (χ1n) is 7.15. The maximum atomic E-state index is 11.7. The van der Waals surface area contributed by atoms with Gasteiger partial charge in [0.15, 0.2) is 6.61 Å². The molecule has 4 heteroatoms. The van der Waals surface area contributed by atoms with E-state index < -0.39 is 0 Å². The second-order valence-electron chi connectivity index (χ2n) is 5.43. The van der Waals surface area contributed by atoms with Crippen molar-refractivity contribution >= 4 is 5.91 Å². The number of hydrogen-bond acceptors (Lipinski definition) is 3. The number of rotatable bonds is 5. The van der Waals surface area contributed by atoms with Crippen LogP contribution in [0.3, 0.4) is 0 Å². The van der Waals surface area contributed by atoms with E-state index in [1.807, 2.05) is 19.9 Å². The molecule has 0 spiro atoms. The highest BCUT2D eigenvalue weighted by Gasteiger charge is 2.16. The normalized spacial score (nSPS) is 18.1. The van der Waals surface area contributed by atoms with Crippen molar-refractivity contribution in [2.45, 2.75) is 39.7 Å². The average Bonchev–Trinajstić information content (AvgIpc) is 2.92. The molecule has 1 atom stereocenters. The van der Waals surface area contributed by atoms with Crippen LogP contribution in [0.1, 0.15) is 29.5 Å². The Balaban J connectivity index is 1.79. The van der Waals surface area contributed by atoms with Gasteiger partial charge in [0.1, 0.15) is 5.75 Å². The molecule has 0 unspecified atom stereocenters. The lowest BCUT2D eigenvalue weighted by Gasteiger charge is -2.13. The molecule has 1 aromatic carbocycles. The first-order chi connectivity index (χ1) is 9.56. The lowest BCUT2D eigenvalue weighted by molar-refractivity contribution is -0.123. The molecule has 0 radical (unpaired) electrons. The summed E-state index contributed by atoms with van der Waals surface area (Å²) in [6.45, 7) is 7.54. The molecule has 4 nitrogen and oxygen atoms in total. The number of aryl methyl sites for hydroxylation is 3. The van der Waals surface area contributed by atoms with Crippen LogP contribution in [0.2, 0.25) is 0 Å². The van der Waals surface area contributed by atoms with Gasteiger partial charge in [0.2, 0.25) is 0 Å². The second kappa shape index (κ2) is 6.75. The van der Waals surface area contributed by atoms with Gasteiger partial charge in [-0.05, 0) is 56.4 Å². The van der Waals surface area contributed by atoms with Gasteiger partial charge in [0.25, 0.3) is 5.91 Å². The van der Waals surface area contributed by atoms with Gasteiger partial charge < -0.3 is 14.8 Å². The Morgan fingerprint density at radius 1 is 1.30 bits per heavy atom. The molecule has 0 aromatic heterocycles. The number of amides is 1. The van der Waals surface area contributed by atoms with Crippen molar-refractivity contribution in [3.05, 3.63) is 28.8 Å². The van der Waals surface area contributed by atoms with Gasteiger partial charge in [-0.25, -0.2) is 0 Å². The molecule has 1 amide bonds. The zero-order valence-corrected chi connectivity index (χ0v) is 12.5. The molecular formula is C16H23NO3. The van der Waals surface area contributed by atoms with E-state index in [2.05, 4.69) is 18.3 Å². The number of carbonyl (C=O) groups is 1. The minimum Gasteiger partial charge on any atom is -0.483 e. The maximum Gasteiger partial charge on any atom is 0.258 e. The Bertz CT molecular complexity index is 479. The van der Waals surface area contributed by atoms with Crippen LogP contribution in [-0.2, 0) is 9.53 Å². The van der Waals surface area contributed by atoms with E-state index in [-0.39, 0.29) is 18.6 Å². The Labute approximate surface area is 120 Å². The summed E-state index contributed by atoms with van der Waals surface area (Å²) in [4.78, 5) is 11.7. The van der Waals surface area contributed by atoms with E-state index in [0.717, 1.165) is 30.8 Å². The zero-order chi connectivity index (χ0) is 14.5. The molecular weight excluding hydrogens is 254 g/mol. The molecule has 1 aliphatic rings. The Hall–Kier alpha value is -1.55. The summed E-state index contributed by atoms with van der Waals surface area (Å²) in [6.07, 6.45) is 2.28. The molecule has 0 saturated carbocycles. The Kier molecular flexibility index (Phi) is 5.01. The summed E-state index contributed by atoms with van der Waals surface area (Å²) < 4.78 is 11.1. The van der Waals surface area contributed by atoms with Crippen LogP contribution < -0.4 is 10.1 Å². The van der Waals surface area contributed by atoms with Crippen LogP contribution in [0.15, 0.2) is 12.1 Å². The van der Waals surface area contributed by atoms with Gasteiger partial charge in [0.05, 0.1) is 6.10 Å². The van der Waals surface area contributed by atoms with Crippen molar-refractivity contribution in [3.8, 4) is 5.75 Å². The first kappa shape index (κ1) is 14.9. The monoisotopic (exact) mass is 277 g/mol. The van der Waals surface area contributed by atoms with E-state index >= 15 is 0 Å². The van der Waals surface area contributed by atoms with E-state index in [1.165, 1.54) is 11.1 Å². The molecule has 20 heavy (non-hydrogen) atoms. The average molecular weight is 277 g/mol. The number of hydrogen-bond donors (Lipinski definition) is 1. The second-order valence-corrected chi connectivity index (χ2v) is 5.43. The first-order valence-corrected chi connectivity index (χ1v) is 7.15. The van der Waals surface area contributed by atoms with Crippen LogP contribution in [0.25, 0.3) is 0 Å². The van der Waals surface area contributed by atoms with Crippen LogP contribution in [0.4, 0.5) is 0 Å². The Morgan fingerprint density at radius 2 is 2.05 bits per heavy atom. The highest BCUT2D eigenvalue weighted by molar-refractivity contribution is 5.77. The summed E-state index contributed by atoms with van der Waals surface area (Å²) in [7, 11) is 0. The number of nitrogens with one attached hydrogen (secondary N) is 1. The third-order valence-electron chi connectivity index (χ3n) is 3.70. The largest absolute Gasteiger partial charge is 0.483 e. The molecule has 1 fully saturated rings. The predicted octanol–water partition coefficient (Wildman–Crippen LogP) is 2.29. The third-order valence-corrected chi connectivity index (χ3v) is 3.70. The summed E-state index contributed by atoms with van der Waals surface area (Å²) in [5.41, 5.74) is 3.46. The predicted molar refractivity (Wildman–Crippen MR) is 78.1 cm³/mol. The summed E-state index contributed by atoms with van der Waals surface area (Å²) in [5.74, 6) is 0.679. The van der Waals surface area contributed by atoms with Crippen LogP contribution >= 0.6 is 0 Å². The van der Waals surface area contributed by atoms with Crippen LogP contribution in [0, 0.1) is 20.8 Å². The van der Waals surface area contributed by atoms with E-state index in [1.54, 1.807) is 0 Å². The minimum atomic E-state index is -0.0990. The molecule has 110 valence electrons. The molecule has 1 N–H and O–H groups in total. The lowest BCUT2D eigenvalue weighted by Crippen LogP contribution is -2.35. The van der Waals surface area contributed by atoms with Crippen molar-refractivity contribution in [2.24, 2.45) is 0 Å². The number of ether oxygens (including phenoxy) is 2. The number of carbonyl (C=O) groups excluding carboxylic acids is 1. The summed E-state index contributed by atoms with van der Waals surface area (Å²) in [5, 5.41) is 2.85. The van der Waals surface area contributed by atoms with Crippen molar-refractivity contribution in [1.82, 2.24) is 5.32 Å². The molecule has 2 rings (SSSR count). The molecule has 1 aliphatic heterocycles. The van der Waals surface area contributed by atoms with Gasteiger partial charge >= 0.3 is 0 Å². The molecule has 0 aliphatic carbocycles. The van der Waals surface area contributed by atoms with Gasteiger partial charge in [-0.1, -0.05) is 6.07 Å². The van der Waals surface area contributed by atoms with Gasteiger partial charge in [-0.3, -0.25) is 4.79 Å². The van der Waals surface area contributed by atoms with Crippen LogP contribution in [0.5, 0.6) is 5.75 Å². The fraction of sp³-hybridized carbons (Fsp3) is 0.562. The molecule has 0 bridgehead atoms. The van der Waals surface area contributed by atoms with E-state index in [0.29, 0.717) is 6.54 Å². The molecule has 1 heterocycles. The standard InChI is InChI=1S/C16H23NO3/c1-11-7-13(3)15(8-12(11)2)20-10-16(18)17-9-14-5-4-6-19-14/h7-8,14H,4-6,9-10H2,1-3H3,(H,17,18)/t14-/m0/s1. The molecule has 1 saturated heterocycles. The highest BCUT2D eigenvalue weighted by Crippen LogP contribution is 2.22. The highest BCUT2D eigenvalue weighted by atomic mass is 16.5. The lowest BCUT2D eigenvalue weighted by atomic mass is 10.1.